The van der Waals surface area contributed by atoms with Crippen LogP contribution in [0.4, 0.5) is 0 Å². The van der Waals surface area contributed by atoms with Crippen LogP contribution < -0.4 is 5.32 Å². The number of nitrogens with one attached hydrogen (secondary N) is 1. The van der Waals surface area contributed by atoms with E-state index in [9.17, 15) is 4.79 Å². The molecule has 0 aromatic rings. The van der Waals surface area contributed by atoms with Gasteiger partial charge in [0.05, 0.1) is 11.9 Å². The highest BCUT2D eigenvalue weighted by atomic mass is 16.1. The van der Waals surface area contributed by atoms with E-state index >= 15 is 0 Å². The number of rotatable bonds is 2. The van der Waals surface area contributed by atoms with Crippen LogP contribution in [-0.2, 0) is 4.79 Å². The van der Waals surface area contributed by atoms with E-state index in [2.05, 4.69) is 16.4 Å². The molecular weight excluding hydrogens is 200 g/mol. The van der Waals surface area contributed by atoms with Gasteiger partial charge in [-0.15, -0.1) is 0 Å². The second-order valence-electron chi connectivity index (χ2n) is 4.16. The number of aliphatic imine (C=N–C) groups is 1. The average Bonchev–Trinajstić information content (AvgIpc) is 2.57. The summed E-state index contributed by atoms with van der Waals surface area (Å²) in [6.07, 6.45) is 12.2. The number of Topliss-reactive ketones (excluding diaryl/α,β-unsaturated/α-hetero) is 1. The predicted octanol–water partition coefficient (Wildman–Crippen LogP) is 2.33. The van der Waals surface area contributed by atoms with Crippen molar-refractivity contribution < 1.29 is 4.79 Å². The van der Waals surface area contributed by atoms with Gasteiger partial charge in [0.2, 0.25) is 0 Å². The lowest BCUT2D eigenvalue weighted by Gasteiger charge is -2.20. The second kappa shape index (κ2) is 4.92. The Bertz CT molecular complexity index is 402. The predicted molar refractivity (Wildman–Crippen MR) is 65.0 cm³/mol. The maximum atomic E-state index is 11.2. The van der Waals surface area contributed by atoms with Crippen molar-refractivity contribution >= 4 is 12.0 Å². The second-order valence-corrected chi connectivity index (χ2v) is 4.16. The normalized spacial score (nSPS) is 24.2. The summed E-state index contributed by atoms with van der Waals surface area (Å²) < 4.78 is 0. The molecular formula is C13H16N2O. The van der Waals surface area contributed by atoms with Crippen LogP contribution in [0.3, 0.4) is 0 Å². The fourth-order valence-corrected chi connectivity index (χ4v) is 2.01. The zero-order valence-corrected chi connectivity index (χ0v) is 9.44. The van der Waals surface area contributed by atoms with Crippen LogP contribution in [-0.4, -0.2) is 12.0 Å². The van der Waals surface area contributed by atoms with Gasteiger partial charge in [-0.1, -0.05) is 6.08 Å². The molecule has 1 N–H and O–H groups in total. The first-order chi connectivity index (χ1) is 7.77. The van der Waals surface area contributed by atoms with E-state index in [0.29, 0.717) is 5.78 Å². The quantitative estimate of drug-likeness (QED) is 0.769. The van der Waals surface area contributed by atoms with E-state index in [1.807, 2.05) is 18.5 Å². The maximum Gasteiger partial charge on any atom is 0.133 e. The van der Waals surface area contributed by atoms with E-state index < -0.39 is 0 Å². The highest BCUT2D eigenvalue weighted by molar-refractivity contribution is 5.78. The van der Waals surface area contributed by atoms with Crippen molar-refractivity contribution in [2.75, 3.05) is 0 Å². The van der Waals surface area contributed by atoms with Crippen molar-refractivity contribution in [1.29, 1.82) is 0 Å². The van der Waals surface area contributed by atoms with Gasteiger partial charge in [0.25, 0.3) is 0 Å². The van der Waals surface area contributed by atoms with Crippen LogP contribution in [0.2, 0.25) is 0 Å². The Morgan fingerprint density at radius 2 is 2.44 bits per heavy atom. The number of nitrogens with zero attached hydrogens (tertiary/aromatic N) is 1. The SMILES string of the molecule is CC(=O)C1CC=C(C2=CN=CC=CN2)CC1. The van der Waals surface area contributed by atoms with Crippen molar-refractivity contribution in [3.05, 3.63) is 35.8 Å². The molecule has 0 spiro atoms. The Morgan fingerprint density at radius 3 is 3.12 bits per heavy atom. The monoisotopic (exact) mass is 216 g/mol. The number of allylic oxidation sites excluding steroid dienone is 3. The zero-order chi connectivity index (χ0) is 11.4. The van der Waals surface area contributed by atoms with Crippen LogP contribution in [0.5, 0.6) is 0 Å². The molecule has 3 nitrogen and oxygen atoms in total. The molecule has 0 saturated heterocycles. The van der Waals surface area contributed by atoms with E-state index in [0.717, 1.165) is 25.0 Å². The summed E-state index contributed by atoms with van der Waals surface area (Å²) in [6.45, 7) is 1.68. The average molecular weight is 216 g/mol. The molecule has 0 fully saturated rings. The first-order valence-corrected chi connectivity index (χ1v) is 5.62. The first kappa shape index (κ1) is 10.9. The maximum absolute atomic E-state index is 11.2. The van der Waals surface area contributed by atoms with Crippen molar-refractivity contribution in [3.63, 3.8) is 0 Å². The third-order valence-electron chi connectivity index (χ3n) is 3.04. The van der Waals surface area contributed by atoms with Crippen molar-refractivity contribution in [2.45, 2.75) is 26.2 Å². The number of hydrogen-bond donors (Lipinski definition) is 1. The molecule has 0 saturated carbocycles. The summed E-state index contributed by atoms with van der Waals surface area (Å²) in [5.74, 6) is 0.519. The smallest absolute Gasteiger partial charge is 0.133 e. The summed E-state index contributed by atoms with van der Waals surface area (Å²) in [5.41, 5.74) is 2.31. The van der Waals surface area contributed by atoms with Gasteiger partial charge in [-0.05, 0) is 37.8 Å². The number of hydrogen-bond acceptors (Lipinski definition) is 3. The first-order valence-electron chi connectivity index (χ1n) is 5.62. The lowest BCUT2D eigenvalue weighted by atomic mass is 9.86. The number of carbonyl (C=O) groups is 1. The Hall–Kier alpha value is -1.64. The fraction of sp³-hybridized carbons (Fsp3) is 0.385. The third kappa shape index (κ3) is 2.48. The molecule has 2 rings (SSSR count). The molecule has 84 valence electrons. The van der Waals surface area contributed by atoms with Gasteiger partial charge in [0.1, 0.15) is 5.78 Å². The number of carbonyl (C=O) groups excluding carboxylic acids is 1. The van der Waals surface area contributed by atoms with Gasteiger partial charge in [-0.25, -0.2) is 0 Å². The lowest BCUT2D eigenvalue weighted by molar-refractivity contribution is -0.120. The molecule has 1 aliphatic carbocycles. The molecule has 0 radical (unpaired) electrons. The minimum absolute atomic E-state index is 0.217. The number of ketones is 1. The van der Waals surface area contributed by atoms with Crippen LogP contribution in [0.25, 0.3) is 0 Å². The van der Waals surface area contributed by atoms with E-state index in [4.69, 9.17) is 0 Å². The van der Waals surface area contributed by atoms with Gasteiger partial charge in [-0.3, -0.25) is 9.79 Å². The van der Waals surface area contributed by atoms with Gasteiger partial charge >= 0.3 is 0 Å². The Morgan fingerprint density at radius 1 is 1.56 bits per heavy atom. The van der Waals surface area contributed by atoms with Gasteiger partial charge in [0, 0.05) is 18.3 Å². The summed E-state index contributed by atoms with van der Waals surface area (Å²) in [7, 11) is 0. The minimum Gasteiger partial charge on any atom is -0.360 e. The van der Waals surface area contributed by atoms with Crippen LogP contribution in [0.1, 0.15) is 26.2 Å². The highest BCUT2D eigenvalue weighted by Gasteiger charge is 2.19. The standard InChI is InChI=1S/C13H16N2O/c1-10(16)11-3-5-12(6-4-11)13-9-14-7-2-8-15-13/h2,5,7-9,11,15H,3-4,6H2,1H3. The van der Waals surface area contributed by atoms with Crippen LogP contribution in [0.15, 0.2) is 40.8 Å². The van der Waals surface area contributed by atoms with Crippen molar-refractivity contribution in [1.82, 2.24) is 5.32 Å². The van der Waals surface area contributed by atoms with Gasteiger partial charge < -0.3 is 5.32 Å². The fourth-order valence-electron chi connectivity index (χ4n) is 2.01. The van der Waals surface area contributed by atoms with E-state index in [-0.39, 0.29) is 5.92 Å². The Kier molecular flexibility index (Phi) is 3.34. The summed E-state index contributed by atoms with van der Waals surface area (Å²) in [5, 5.41) is 3.20. The molecule has 1 atom stereocenters. The van der Waals surface area contributed by atoms with Crippen molar-refractivity contribution in [2.24, 2.45) is 10.9 Å². The summed E-state index contributed by atoms with van der Waals surface area (Å²) >= 11 is 0. The molecule has 0 bridgehead atoms. The van der Waals surface area contributed by atoms with Crippen LogP contribution in [0, 0.1) is 5.92 Å². The Labute approximate surface area is 95.6 Å². The Balaban J connectivity index is 2.07. The molecule has 0 aromatic heterocycles. The molecule has 2 aliphatic rings. The summed E-state index contributed by atoms with van der Waals surface area (Å²) in [6, 6.07) is 0. The van der Waals surface area contributed by atoms with Gasteiger partial charge in [-0.2, -0.15) is 0 Å². The highest BCUT2D eigenvalue weighted by Crippen LogP contribution is 2.27. The topological polar surface area (TPSA) is 41.5 Å². The molecule has 1 aliphatic heterocycles. The van der Waals surface area contributed by atoms with Crippen LogP contribution >= 0.6 is 0 Å². The summed E-state index contributed by atoms with van der Waals surface area (Å²) in [4.78, 5) is 15.4. The van der Waals surface area contributed by atoms with E-state index in [1.165, 1.54) is 5.57 Å². The third-order valence-corrected chi connectivity index (χ3v) is 3.04. The van der Waals surface area contributed by atoms with E-state index in [1.54, 1.807) is 13.1 Å². The molecule has 1 heterocycles. The molecule has 0 amide bonds. The zero-order valence-electron chi connectivity index (χ0n) is 9.44. The van der Waals surface area contributed by atoms with Crippen molar-refractivity contribution in [3.8, 4) is 0 Å². The lowest BCUT2D eigenvalue weighted by Crippen LogP contribution is -2.17. The van der Waals surface area contributed by atoms with Gasteiger partial charge in [0.15, 0.2) is 0 Å². The minimum atomic E-state index is 0.217. The molecule has 16 heavy (non-hydrogen) atoms. The largest absolute Gasteiger partial charge is 0.360 e. The molecule has 3 heteroatoms. The molecule has 0 aromatic carbocycles. The molecule has 1 unspecified atom stereocenters.